The largest absolute Gasteiger partial charge is 0.459 e. The van der Waals surface area contributed by atoms with Gasteiger partial charge in [0.2, 0.25) is 17.4 Å². The number of ketones is 2. The molecule has 0 aromatic carbocycles. The third kappa shape index (κ3) is 2.51. The Hall–Kier alpha value is -1.92. The summed E-state index contributed by atoms with van der Waals surface area (Å²) < 4.78 is 31.4. The molecule has 218 valence electrons. The Morgan fingerprint density at radius 1 is 0.925 bits per heavy atom. The molecular formula is C29H36O11. The van der Waals surface area contributed by atoms with Crippen molar-refractivity contribution in [2.75, 3.05) is 0 Å². The van der Waals surface area contributed by atoms with Gasteiger partial charge in [-0.1, -0.05) is 13.8 Å². The number of carbonyl (C=O) groups excluding carboxylic acids is 4. The molecule has 0 radical (unpaired) electrons. The van der Waals surface area contributed by atoms with Crippen molar-refractivity contribution in [2.24, 2.45) is 40.9 Å². The van der Waals surface area contributed by atoms with Crippen molar-refractivity contribution < 1.29 is 53.1 Å². The quantitative estimate of drug-likeness (QED) is 0.404. The number of carbonyl (C=O) groups is 4. The second-order valence-corrected chi connectivity index (χ2v) is 14.6. The van der Waals surface area contributed by atoms with E-state index in [4.69, 9.17) is 23.7 Å². The standard InChI is InChI=1S/C29H36O11/c1-11-16-19-18(12(2)23(34)36-19)38-29-20(16)25(5,21(11)32)6-7-26(40-29)10-27-14(8-13(30)17(26)22(29)33)24(3,4)39-28(27,35)9-15(31)37-27/h11-14,16-20,30,35H,6-10H2,1-5H3/t11-,12+,13+,14+,16-,17+,18-,19-,20?,25+,26+,27-,28-,29-/m1/s1. The molecule has 11 heteroatoms. The van der Waals surface area contributed by atoms with Gasteiger partial charge in [0.05, 0.1) is 29.1 Å². The van der Waals surface area contributed by atoms with Crippen LogP contribution in [0.1, 0.15) is 66.7 Å². The SMILES string of the molecule is C[C@@H]1C(=O)O[C@H]2[C@@H]1O[C@@]13O[C@@]4(CC[C@]5(C)C(=O)[C@H](C)[C@H]2C15)C[C@]12OC(=O)C[C@@]1(O)OC(C)(C)[C@@H]2C[C@H](O)[C@H]4C3=O. The number of ether oxygens (including phenoxy) is 5. The van der Waals surface area contributed by atoms with Crippen molar-refractivity contribution in [3.63, 3.8) is 0 Å². The second-order valence-electron chi connectivity index (χ2n) is 14.6. The molecule has 0 amide bonds. The van der Waals surface area contributed by atoms with Crippen LogP contribution in [0.5, 0.6) is 0 Å². The van der Waals surface area contributed by atoms with Crippen LogP contribution < -0.4 is 0 Å². The normalized spacial score (nSPS) is 60.6. The maximum absolute atomic E-state index is 14.8. The fourth-order valence-corrected chi connectivity index (χ4v) is 10.9. The summed E-state index contributed by atoms with van der Waals surface area (Å²) in [5, 5.41) is 23.6. The highest BCUT2D eigenvalue weighted by molar-refractivity contribution is 5.97. The Balaban J connectivity index is 1.33. The van der Waals surface area contributed by atoms with Gasteiger partial charge in [0.25, 0.3) is 0 Å². The van der Waals surface area contributed by atoms with Crippen LogP contribution in [0, 0.1) is 40.9 Å². The van der Waals surface area contributed by atoms with Crippen molar-refractivity contribution in [1.82, 2.24) is 0 Å². The van der Waals surface area contributed by atoms with E-state index in [1.165, 1.54) is 0 Å². The third-order valence-corrected chi connectivity index (χ3v) is 12.4. The van der Waals surface area contributed by atoms with E-state index in [9.17, 15) is 29.4 Å². The van der Waals surface area contributed by atoms with Crippen LogP contribution >= 0.6 is 0 Å². The molecular weight excluding hydrogens is 524 g/mol. The monoisotopic (exact) mass is 560 g/mol. The summed E-state index contributed by atoms with van der Waals surface area (Å²) in [5.74, 6) is -9.48. The molecule has 2 bridgehead atoms. The van der Waals surface area contributed by atoms with Crippen molar-refractivity contribution in [3.05, 3.63) is 0 Å². The average molecular weight is 561 g/mol. The smallest absolute Gasteiger partial charge is 0.312 e. The van der Waals surface area contributed by atoms with Gasteiger partial charge in [-0.25, -0.2) is 0 Å². The molecule has 3 spiro atoms. The van der Waals surface area contributed by atoms with Crippen LogP contribution in [-0.4, -0.2) is 80.4 Å². The van der Waals surface area contributed by atoms with Crippen molar-refractivity contribution in [1.29, 1.82) is 0 Å². The van der Waals surface area contributed by atoms with Crippen LogP contribution in [0.4, 0.5) is 0 Å². The lowest BCUT2D eigenvalue weighted by Crippen LogP contribution is -2.64. The van der Waals surface area contributed by atoms with Gasteiger partial charge in [0.15, 0.2) is 5.60 Å². The van der Waals surface area contributed by atoms with E-state index in [2.05, 4.69) is 0 Å². The summed E-state index contributed by atoms with van der Waals surface area (Å²) in [6, 6.07) is 0. The number of Topliss-reactive ketones (excluding diaryl/α,β-unsaturated/α-hetero) is 2. The molecule has 2 aliphatic carbocycles. The van der Waals surface area contributed by atoms with E-state index in [0.717, 1.165) is 0 Å². The minimum absolute atomic E-state index is 0.0297. The van der Waals surface area contributed by atoms with Crippen LogP contribution in [0.2, 0.25) is 0 Å². The highest BCUT2D eigenvalue weighted by Gasteiger charge is 2.85. The van der Waals surface area contributed by atoms with Gasteiger partial charge in [-0.05, 0) is 40.0 Å². The summed E-state index contributed by atoms with van der Waals surface area (Å²) >= 11 is 0. The van der Waals surface area contributed by atoms with Gasteiger partial charge in [-0.2, -0.15) is 0 Å². The van der Waals surface area contributed by atoms with Crippen LogP contribution in [0.3, 0.4) is 0 Å². The fourth-order valence-electron chi connectivity index (χ4n) is 10.9. The lowest BCUT2D eigenvalue weighted by atomic mass is 9.60. The summed E-state index contributed by atoms with van der Waals surface area (Å²) in [6.07, 6.45) is -2.60. The molecule has 6 aliphatic heterocycles. The first-order valence-corrected chi connectivity index (χ1v) is 14.6. The number of hydrogen-bond donors (Lipinski definition) is 2. The molecule has 11 nitrogen and oxygen atoms in total. The molecule has 2 saturated carbocycles. The maximum atomic E-state index is 14.8. The molecule has 40 heavy (non-hydrogen) atoms. The van der Waals surface area contributed by atoms with Gasteiger partial charge in [0.1, 0.15) is 24.4 Å². The number of hydrogen-bond acceptors (Lipinski definition) is 11. The Morgan fingerprint density at radius 2 is 1.65 bits per heavy atom. The molecule has 1 unspecified atom stereocenters. The summed E-state index contributed by atoms with van der Waals surface area (Å²) in [4.78, 5) is 54.2. The Bertz CT molecular complexity index is 1290. The summed E-state index contributed by atoms with van der Waals surface area (Å²) in [5.41, 5.74) is -4.96. The molecule has 14 atom stereocenters. The highest BCUT2D eigenvalue weighted by Crippen LogP contribution is 2.72. The molecule has 0 aromatic rings. The summed E-state index contributed by atoms with van der Waals surface area (Å²) in [7, 11) is 0. The topological polar surface area (TPSA) is 155 Å². The molecule has 6 saturated heterocycles. The zero-order valence-electron chi connectivity index (χ0n) is 23.3. The minimum atomic E-state index is -1.97. The van der Waals surface area contributed by atoms with Crippen molar-refractivity contribution in [2.45, 2.75) is 113 Å². The van der Waals surface area contributed by atoms with Gasteiger partial charge in [-0.3, -0.25) is 19.2 Å². The number of rotatable bonds is 0. The minimum Gasteiger partial charge on any atom is -0.459 e. The predicted octanol–water partition coefficient (Wildman–Crippen LogP) is 0.803. The molecule has 2 N–H and O–H groups in total. The van der Waals surface area contributed by atoms with Crippen molar-refractivity contribution in [3.8, 4) is 0 Å². The maximum Gasteiger partial charge on any atom is 0.312 e. The van der Waals surface area contributed by atoms with E-state index in [1.807, 2.05) is 13.8 Å². The molecule has 6 heterocycles. The number of esters is 2. The Kier molecular flexibility index (Phi) is 4.50. The zero-order chi connectivity index (χ0) is 28.6. The lowest BCUT2D eigenvalue weighted by molar-refractivity contribution is -0.335. The Morgan fingerprint density at radius 3 is 2.38 bits per heavy atom. The van der Waals surface area contributed by atoms with Crippen LogP contribution in [-0.2, 0) is 42.9 Å². The number of fused-ring (bicyclic) bond motifs is 2. The van der Waals surface area contributed by atoms with Gasteiger partial charge < -0.3 is 33.9 Å². The van der Waals surface area contributed by atoms with E-state index in [0.29, 0.717) is 6.42 Å². The van der Waals surface area contributed by atoms with Gasteiger partial charge >= 0.3 is 11.9 Å². The molecule has 0 aromatic heterocycles. The first-order valence-electron chi connectivity index (χ1n) is 14.6. The average Bonchev–Trinajstić information content (AvgIpc) is 3.41. The first-order chi connectivity index (χ1) is 18.6. The first kappa shape index (κ1) is 25.8. The predicted molar refractivity (Wildman–Crippen MR) is 130 cm³/mol. The zero-order valence-corrected chi connectivity index (χ0v) is 23.3. The van der Waals surface area contributed by atoms with Gasteiger partial charge in [0, 0.05) is 35.5 Å². The number of aliphatic hydroxyl groups excluding tert-OH is 1. The van der Waals surface area contributed by atoms with Crippen LogP contribution in [0.15, 0.2) is 0 Å². The summed E-state index contributed by atoms with van der Waals surface area (Å²) in [6.45, 7) is 8.91. The molecule has 8 rings (SSSR count). The van der Waals surface area contributed by atoms with E-state index in [1.54, 1.807) is 20.8 Å². The van der Waals surface area contributed by atoms with E-state index in [-0.39, 0.29) is 31.5 Å². The third-order valence-electron chi connectivity index (χ3n) is 12.4. The highest BCUT2D eigenvalue weighted by atomic mass is 16.7. The fraction of sp³-hybridized carbons (Fsp3) is 0.862. The van der Waals surface area contributed by atoms with Gasteiger partial charge in [-0.15, -0.1) is 0 Å². The number of aliphatic hydroxyl groups is 2. The lowest BCUT2D eigenvalue weighted by Gasteiger charge is -2.50. The second kappa shape index (κ2) is 6.99. The van der Waals surface area contributed by atoms with Crippen LogP contribution in [0.25, 0.3) is 0 Å². The van der Waals surface area contributed by atoms with E-state index < -0.39 is 105 Å². The Labute approximate surface area is 231 Å². The molecule has 8 aliphatic rings. The van der Waals surface area contributed by atoms with Crippen molar-refractivity contribution >= 4 is 23.5 Å². The van der Waals surface area contributed by atoms with E-state index >= 15 is 0 Å². The molecule has 8 fully saturated rings.